The van der Waals surface area contributed by atoms with Crippen LogP contribution in [0.2, 0.25) is 0 Å². The van der Waals surface area contributed by atoms with Gasteiger partial charge in [0.15, 0.2) is 0 Å². The zero-order valence-corrected chi connectivity index (χ0v) is 10.6. The summed E-state index contributed by atoms with van der Waals surface area (Å²) >= 11 is 0. The van der Waals surface area contributed by atoms with Gasteiger partial charge in [-0.3, -0.25) is 0 Å². The van der Waals surface area contributed by atoms with Crippen LogP contribution in [0.25, 0.3) is 0 Å². The molecule has 2 rings (SSSR count). The molecule has 0 aromatic heterocycles. The van der Waals surface area contributed by atoms with E-state index in [0.29, 0.717) is 12.1 Å². The maximum absolute atomic E-state index is 13.8. The minimum absolute atomic E-state index is 0.318. The first-order valence-corrected chi connectivity index (χ1v) is 6.43. The summed E-state index contributed by atoms with van der Waals surface area (Å²) in [6.07, 6.45) is 4.62. The molecule has 19 heavy (non-hydrogen) atoms. The SMILES string of the molecule is NCC1(c2cc(F)c(C(=O)O)c(F)c2)CCCCC1. The highest BCUT2D eigenvalue weighted by Crippen LogP contribution is 2.39. The highest BCUT2D eigenvalue weighted by molar-refractivity contribution is 5.88. The van der Waals surface area contributed by atoms with Crippen molar-refractivity contribution in [2.24, 2.45) is 5.73 Å². The third kappa shape index (κ3) is 2.47. The molecule has 0 radical (unpaired) electrons. The molecule has 1 aliphatic carbocycles. The number of carboxylic acids is 1. The molecular formula is C14H17F2NO2. The molecule has 0 unspecified atom stereocenters. The summed E-state index contributed by atoms with van der Waals surface area (Å²) in [5, 5.41) is 8.76. The lowest BCUT2D eigenvalue weighted by Gasteiger charge is -2.37. The number of aromatic carboxylic acids is 1. The van der Waals surface area contributed by atoms with Crippen LogP contribution in [0, 0.1) is 11.6 Å². The van der Waals surface area contributed by atoms with E-state index < -0.39 is 28.6 Å². The van der Waals surface area contributed by atoms with E-state index >= 15 is 0 Å². The number of nitrogens with two attached hydrogens (primary N) is 1. The molecule has 0 heterocycles. The summed E-state index contributed by atoms with van der Waals surface area (Å²) < 4.78 is 27.5. The van der Waals surface area contributed by atoms with E-state index in [2.05, 4.69) is 0 Å². The smallest absolute Gasteiger partial charge is 0.341 e. The first-order chi connectivity index (χ1) is 9.00. The molecule has 3 N–H and O–H groups in total. The quantitative estimate of drug-likeness (QED) is 0.886. The van der Waals surface area contributed by atoms with Crippen molar-refractivity contribution in [2.75, 3.05) is 6.54 Å². The van der Waals surface area contributed by atoms with Crippen LogP contribution in [0.1, 0.15) is 48.0 Å². The summed E-state index contributed by atoms with van der Waals surface area (Å²) in [4.78, 5) is 10.8. The van der Waals surface area contributed by atoms with Crippen LogP contribution in [0.3, 0.4) is 0 Å². The third-order valence-corrected chi connectivity index (χ3v) is 4.07. The summed E-state index contributed by atoms with van der Waals surface area (Å²) in [6.45, 7) is 0.318. The Morgan fingerprint density at radius 3 is 2.16 bits per heavy atom. The van der Waals surface area contributed by atoms with Gasteiger partial charge in [-0.25, -0.2) is 13.6 Å². The van der Waals surface area contributed by atoms with Gasteiger partial charge in [-0.2, -0.15) is 0 Å². The van der Waals surface area contributed by atoms with Gasteiger partial charge in [-0.05, 0) is 30.5 Å². The second-order valence-electron chi connectivity index (χ2n) is 5.17. The van der Waals surface area contributed by atoms with Gasteiger partial charge in [-0.15, -0.1) is 0 Å². The normalized spacial score (nSPS) is 18.3. The van der Waals surface area contributed by atoms with Crippen LogP contribution in [-0.2, 0) is 5.41 Å². The molecule has 104 valence electrons. The second kappa shape index (κ2) is 5.25. The second-order valence-corrected chi connectivity index (χ2v) is 5.17. The van der Waals surface area contributed by atoms with Crippen LogP contribution in [0.4, 0.5) is 8.78 Å². The van der Waals surface area contributed by atoms with E-state index in [-0.39, 0.29) is 0 Å². The van der Waals surface area contributed by atoms with E-state index in [1.807, 2.05) is 0 Å². The van der Waals surface area contributed by atoms with Gasteiger partial charge in [0.2, 0.25) is 0 Å². The minimum atomic E-state index is -1.59. The van der Waals surface area contributed by atoms with Crippen molar-refractivity contribution < 1.29 is 18.7 Å². The lowest BCUT2D eigenvalue weighted by atomic mass is 9.69. The summed E-state index contributed by atoms with van der Waals surface area (Å²) in [5.74, 6) is -3.64. The number of carboxylic acid groups (broad SMARTS) is 1. The van der Waals surface area contributed by atoms with Crippen molar-refractivity contribution in [3.8, 4) is 0 Å². The molecule has 1 aliphatic rings. The topological polar surface area (TPSA) is 63.3 Å². The largest absolute Gasteiger partial charge is 0.477 e. The standard InChI is InChI=1S/C14H17F2NO2/c15-10-6-9(7-11(16)12(10)13(18)19)14(8-17)4-2-1-3-5-14/h6-7H,1-5,8,17H2,(H,18,19). The van der Waals surface area contributed by atoms with Crippen molar-refractivity contribution in [1.82, 2.24) is 0 Å². The average molecular weight is 269 g/mol. The van der Waals surface area contributed by atoms with Gasteiger partial charge >= 0.3 is 5.97 Å². The zero-order valence-electron chi connectivity index (χ0n) is 10.6. The van der Waals surface area contributed by atoms with E-state index in [0.717, 1.165) is 44.2 Å². The van der Waals surface area contributed by atoms with Gasteiger partial charge in [0.25, 0.3) is 0 Å². The molecule has 0 spiro atoms. The van der Waals surface area contributed by atoms with Gasteiger partial charge < -0.3 is 10.8 Å². The zero-order chi connectivity index (χ0) is 14.0. The highest BCUT2D eigenvalue weighted by Gasteiger charge is 2.34. The van der Waals surface area contributed by atoms with Crippen molar-refractivity contribution in [2.45, 2.75) is 37.5 Å². The van der Waals surface area contributed by atoms with Gasteiger partial charge in [-0.1, -0.05) is 19.3 Å². The third-order valence-electron chi connectivity index (χ3n) is 4.07. The maximum Gasteiger partial charge on any atom is 0.341 e. The molecule has 0 saturated heterocycles. The number of halogens is 2. The predicted octanol–water partition coefficient (Wildman–Crippen LogP) is 2.82. The first-order valence-electron chi connectivity index (χ1n) is 6.43. The molecule has 0 atom stereocenters. The van der Waals surface area contributed by atoms with Gasteiger partial charge in [0.1, 0.15) is 17.2 Å². The Morgan fingerprint density at radius 1 is 1.21 bits per heavy atom. The Kier molecular flexibility index (Phi) is 3.85. The van der Waals surface area contributed by atoms with Gasteiger partial charge in [0, 0.05) is 12.0 Å². The number of carbonyl (C=O) groups is 1. The lowest BCUT2D eigenvalue weighted by Crippen LogP contribution is -2.37. The molecule has 5 heteroatoms. The summed E-state index contributed by atoms with van der Waals surface area (Å²) in [5.41, 5.74) is 4.97. The molecule has 0 bridgehead atoms. The maximum atomic E-state index is 13.8. The Morgan fingerprint density at radius 2 is 1.74 bits per heavy atom. The van der Waals surface area contributed by atoms with Crippen molar-refractivity contribution in [3.63, 3.8) is 0 Å². The summed E-state index contributed by atoms with van der Waals surface area (Å²) in [6, 6.07) is 2.26. The van der Waals surface area contributed by atoms with Crippen LogP contribution in [0.5, 0.6) is 0 Å². The van der Waals surface area contributed by atoms with Crippen LogP contribution in [-0.4, -0.2) is 17.6 Å². The lowest BCUT2D eigenvalue weighted by molar-refractivity contribution is 0.0686. The molecule has 0 amide bonds. The molecule has 1 aromatic rings. The van der Waals surface area contributed by atoms with Crippen molar-refractivity contribution in [1.29, 1.82) is 0 Å². The average Bonchev–Trinajstić information content (AvgIpc) is 2.38. The Bertz CT molecular complexity index is 473. The van der Waals surface area contributed by atoms with Gasteiger partial charge in [0.05, 0.1) is 0 Å². The predicted molar refractivity (Wildman–Crippen MR) is 67.1 cm³/mol. The Hall–Kier alpha value is -1.49. The number of benzene rings is 1. The fourth-order valence-corrected chi connectivity index (χ4v) is 2.92. The van der Waals surface area contributed by atoms with Crippen LogP contribution < -0.4 is 5.73 Å². The molecule has 1 saturated carbocycles. The van der Waals surface area contributed by atoms with E-state index in [9.17, 15) is 13.6 Å². The van der Waals surface area contributed by atoms with Crippen molar-refractivity contribution in [3.05, 3.63) is 34.9 Å². The first kappa shape index (κ1) is 13.9. The van der Waals surface area contributed by atoms with E-state index in [1.54, 1.807) is 0 Å². The molecule has 1 aromatic carbocycles. The fraction of sp³-hybridized carbons (Fsp3) is 0.500. The number of rotatable bonds is 3. The molecule has 3 nitrogen and oxygen atoms in total. The van der Waals surface area contributed by atoms with Crippen LogP contribution in [0.15, 0.2) is 12.1 Å². The molecular weight excluding hydrogens is 252 g/mol. The number of hydrogen-bond donors (Lipinski definition) is 2. The van der Waals surface area contributed by atoms with Crippen LogP contribution >= 0.6 is 0 Å². The Labute approximate surface area is 110 Å². The van der Waals surface area contributed by atoms with E-state index in [1.165, 1.54) is 0 Å². The molecule has 0 aliphatic heterocycles. The summed E-state index contributed by atoms with van der Waals surface area (Å²) in [7, 11) is 0. The highest BCUT2D eigenvalue weighted by atomic mass is 19.1. The Balaban J connectivity index is 2.48. The molecule has 1 fully saturated rings. The monoisotopic (exact) mass is 269 g/mol. The fourth-order valence-electron chi connectivity index (χ4n) is 2.92. The minimum Gasteiger partial charge on any atom is -0.477 e. The number of hydrogen-bond acceptors (Lipinski definition) is 2. The van der Waals surface area contributed by atoms with Crippen molar-refractivity contribution >= 4 is 5.97 Å². The van der Waals surface area contributed by atoms with E-state index in [4.69, 9.17) is 10.8 Å².